The van der Waals surface area contributed by atoms with Gasteiger partial charge in [0.05, 0.1) is 24.2 Å². The molecule has 2 aliphatic heterocycles. The molecule has 0 amide bonds. The van der Waals surface area contributed by atoms with Crippen molar-refractivity contribution in [2.45, 2.75) is 64.5 Å². The quantitative estimate of drug-likeness (QED) is 0.863. The fourth-order valence-electron chi connectivity index (χ4n) is 2.95. The number of aromatic amines is 1. The van der Waals surface area contributed by atoms with E-state index < -0.39 is 11.6 Å². The van der Waals surface area contributed by atoms with Gasteiger partial charge in [-0.1, -0.05) is 0 Å². The van der Waals surface area contributed by atoms with Crippen LogP contribution in [0.5, 0.6) is 0 Å². The number of ether oxygens (including phenoxy) is 4. The second-order valence-corrected chi connectivity index (χ2v) is 6.88. The number of hydrogen-bond acceptors (Lipinski definition) is 6. The van der Waals surface area contributed by atoms with Gasteiger partial charge in [0, 0.05) is 7.05 Å². The zero-order valence-electron chi connectivity index (χ0n) is 14.5. The second-order valence-electron chi connectivity index (χ2n) is 6.88. The van der Waals surface area contributed by atoms with Crippen LogP contribution in [0.3, 0.4) is 0 Å². The molecule has 1 aromatic heterocycles. The van der Waals surface area contributed by atoms with E-state index in [9.17, 15) is 0 Å². The minimum Gasteiger partial charge on any atom is -0.348 e. The standard InChI is InChI=1S/C16H25N3O4/c1-9(17-6)14-18-7-10(19-14)12-13(23-16(4,5)22-12)11-8-20-15(2,3)21-11/h7,11-13H,8H2,1-6H3,(H,18,19). The average Bonchev–Trinajstić information content (AvgIpc) is 3.14. The van der Waals surface area contributed by atoms with Crippen molar-refractivity contribution in [3.63, 3.8) is 0 Å². The third kappa shape index (κ3) is 3.33. The summed E-state index contributed by atoms with van der Waals surface area (Å²) in [5.74, 6) is -0.556. The van der Waals surface area contributed by atoms with E-state index in [0.717, 1.165) is 17.2 Å². The van der Waals surface area contributed by atoms with Crippen molar-refractivity contribution >= 4 is 5.71 Å². The summed E-state index contributed by atoms with van der Waals surface area (Å²) in [6, 6.07) is 0. The predicted octanol–water partition coefficient (Wildman–Crippen LogP) is 2.19. The molecule has 3 unspecified atom stereocenters. The lowest BCUT2D eigenvalue weighted by Crippen LogP contribution is -2.35. The third-order valence-corrected chi connectivity index (χ3v) is 4.11. The number of hydrogen-bond donors (Lipinski definition) is 1. The summed E-state index contributed by atoms with van der Waals surface area (Å²) in [6.07, 6.45) is 1.02. The maximum atomic E-state index is 6.09. The second kappa shape index (κ2) is 5.66. The van der Waals surface area contributed by atoms with Gasteiger partial charge in [0.1, 0.15) is 18.3 Å². The molecule has 3 rings (SSSR count). The Labute approximate surface area is 136 Å². The van der Waals surface area contributed by atoms with E-state index in [2.05, 4.69) is 15.0 Å². The molecule has 3 heterocycles. The predicted molar refractivity (Wildman–Crippen MR) is 84.4 cm³/mol. The summed E-state index contributed by atoms with van der Waals surface area (Å²) in [4.78, 5) is 11.8. The van der Waals surface area contributed by atoms with Gasteiger partial charge in [-0.3, -0.25) is 4.99 Å². The van der Waals surface area contributed by atoms with Crippen molar-refractivity contribution in [1.82, 2.24) is 9.97 Å². The minimum atomic E-state index is -0.690. The molecule has 1 aromatic rings. The van der Waals surface area contributed by atoms with E-state index in [1.165, 1.54) is 0 Å². The van der Waals surface area contributed by atoms with Crippen LogP contribution in [-0.2, 0) is 18.9 Å². The molecular weight excluding hydrogens is 298 g/mol. The summed E-state index contributed by atoms with van der Waals surface area (Å²) in [5, 5.41) is 0. The molecule has 2 aliphatic rings. The third-order valence-electron chi connectivity index (χ3n) is 4.11. The lowest BCUT2D eigenvalue weighted by molar-refractivity contribution is -0.174. The Hall–Kier alpha value is -1.28. The van der Waals surface area contributed by atoms with Gasteiger partial charge >= 0.3 is 0 Å². The van der Waals surface area contributed by atoms with Crippen LogP contribution in [0.2, 0.25) is 0 Å². The molecule has 0 aliphatic carbocycles. The minimum absolute atomic E-state index is 0.190. The summed E-state index contributed by atoms with van der Waals surface area (Å²) < 4.78 is 23.8. The largest absolute Gasteiger partial charge is 0.348 e. The first-order valence-corrected chi connectivity index (χ1v) is 7.87. The topological polar surface area (TPSA) is 78.0 Å². The highest BCUT2D eigenvalue weighted by Crippen LogP contribution is 2.42. The van der Waals surface area contributed by atoms with Crippen molar-refractivity contribution in [2.75, 3.05) is 13.7 Å². The van der Waals surface area contributed by atoms with Crippen LogP contribution < -0.4 is 0 Å². The summed E-state index contributed by atoms with van der Waals surface area (Å²) in [5.41, 5.74) is 1.69. The zero-order valence-corrected chi connectivity index (χ0v) is 14.5. The maximum Gasteiger partial charge on any atom is 0.164 e. The fourth-order valence-corrected chi connectivity index (χ4v) is 2.95. The van der Waals surface area contributed by atoms with Gasteiger partial charge in [0.2, 0.25) is 0 Å². The number of nitrogens with zero attached hydrogens (tertiary/aromatic N) is 2. The molecule has 7 heteroatoms. The average molecular weight is 323 g/mol. The Bertz CT molecular complexity index is 608. The lowest BCUT2D eigenvalue weighted by Gasteiger charge is -2.23. The van der Waals surface area contributed by atoms with E-state index in [0.29, 0.717) is 6.61 Å². The van der Waals surface area contributed by atoms with Crippen LogP contribution in [0.25, 0.3) is 0 Å². The Balaban J connectivity index is 1.85. The van der Waals surface area contributed by atoms with Crippen molar-refractivity contribution in [3.8, 4) is 0 Å². The first-order chi connectivity index (χ1) is 10.7. The van der Waals surface area contributed by atoms with Gasteiger partial charge < -0.3 is 23.9 Å². The number of rotatable bonds is 3. The summed E-state index contributed by atoms with van der Waals surface area (Å²) >= 11 is 0. The number of aromatic nitrogens is 2. The van der Waals surface area contributed by atoms with E-state index in [4.69, 9.17) is 18.9 Å². The SMILES string of the molecule is CN=C(C)c1ncc(C2OC(C)(C)OC2C2COC(C)(C)O2)[nH]1. The van der Waals surface area contributed by atoms with Gasteiger partial charge in [0.25, 0.3) is 0 Å². The van der Waals surface area contributed by atoms with Crippen LogP contribution in [-0.4, -0.2) is 53.1 Å². The Morgan fingerprint density at radius 1 is 1.22 bits per heavy atom. The molecule has 0 spiro atoms. The highest BCUT2D eigenvalue weighted by atomic mass is 16.8. The van der Waals surface area contributed by atoms with E-state index in [-0.39, 0.29) is 18.3 Å². The van der Waals surface area contributed by atoms with Crippen LogP contribution >= 0.6 is 0 Å². The molecule has 0 saturated carbocycles. The van der Waals surface area contributed by atoms with E-state index >= 15 is 0 Å². The fraction of sp³-hybridized carbons (Fsp3) is 0.750. The molecule has 7 nitrogen and oxygen atoms in total. The van der Waals surface area contributed by atoms with E-state index in [1.807, 2.05) is 34.6 Å². The molecule has 0 aromatic carbocycles. The van der Waals surface area contributed by atoms with Crippen LogP contribution in [0.15, 0.2) is 11.2 Å². The van der Waals surface area contributed by atoms with Gasteiger partial charge in [-0.25, -0.2) is 4.98 Å². The molecule has 23 heavy (non-hydrogen) atoms. The Kier molecular flexibility index (Phi) is 4.08. The zero-order chi connectivity index (χ0) is 16.8. The molecule has 128 valence electrons. The van der Waals surface area contributed by atoms with Gasteiger partial charge in [0.15, 0.2) is 17.4 Å². The van der Waals surface area contributed by atoms with Crippen LogP contribution in [0.1, 0.15) is 52.2 Å². The lowest BCUT2D eigenvalue weighted by atomic mass is 10.1. The van der Waals surface area contributed by atoms with Gasteiger partial charge in [-0.2, -0.15) is 0 Å². The molecule has 1 N–H and O–H groups in total. The number of aliphatic imine (C=N–C) groups is 1. The highest BCUT2D eigenvalue weighted by molar-refractivity contribution is 5.95. The van der Waals surface area contributed by atoms with Gasteiger partial charge in [-0.15, -0.1) is 0 Å². The molecular formula is C16H25N3O4. The smallest absolute Gasteiger partial charge is 0.164 e. The monoisotopic (exact) mass is 323 g/mol. The Morgan fingerprint density at radius 3 is 2.57 bits per heavy atom. The molecule has 2 fully saturated rings. The maximum absolute atomic E-state index is 6.09. The molecule has 3 atom stereocenters. The van der Waals surface area contributed by atoms with Crippen molar-refractivity contribution in [3.05, 3.63) is 17.7 Å². The van der Waals surface area contributed by atoms with Crippen molar-refractivity contribution in [2.24, 2.45) is 4.99 Å². The van der Waals surface area contributed by atoms with Crippen molar-refractivity contribution < 1.29 is 18.9 Å². The molecule has 0 radical (unpaired) electrons. The Morgan fingerprint density at radius 2 is 1.96 bits per heavy atom. The number of nitrogens with one attached hydrogen (secondary N) is 1. The van der Waals surface area contributed by atoms with Crippen LogP contribution in [0, 0.1) is 0 Å². The number of H-pyrrole nitrogens is 1. The molecule has 2 saturated heterocycles. The van der Waals surface area contributed by atoms with Gasteiger partial charge in [-0.05, 0) is 34.6 Å². The number of imidazole rings is 1. The normalized spacial score (nSPS) is 33.3. The van der Waals surface area contributed by atoms with Crippen LogP contribution in [0.4, 0.5) is 0 Å². The first-order valence-electron chi connectivity index (χ1n) is 7.87. The first kappa shape index (κ1) is 16.6. The van der Waals surface area contributed by atoms with E-state index in [1.54, 1.807) is 13.2 Å². The highest BCUT2D eigenvalue weighted by Gasteiger charge is 2.50. The van der Waals surface area contributed by atoms with Crippen molar-refractivity contribution in [1.29, 1.82) is 0 Å². The summed E-state index contributed by atoms with van der Waals surface area (Å²) in [7, 11) is 1.74. The molecule has 0 bridgehead atoms. The summed E-state index contributed by atoms with van der Waals surface area (Å²) in [6.45, 7) is 9.99.